The maximum atomic E-state index is 6.19. The van der Waals surface area contributed by atoms with Gasteiger partial charge in [-0.1, -0.05) is 18.0 Å². The molecule has 5 heteroatoms. The molecule has 3 rings (SSSR count). The largest absolute Gasteiger partial charge is 0.493 e. The van der Waals surface area contributed by atoms with Gasteiger partial charge < -0.3 is 15.4 Å². The van der Waals surface area contributed by atoms with Crippen LogP contribution in [-0.4, -0.2) is 25.7 Å². The van der Waals surface area contributed by atoms with Gasteiger partial charge in [-0.15, -0.1) is 0 Å². The molecule has 3 unspecified atom stereocenters. The van der Waals surface area contributed by atoms with Crippen LogP contribution in [0.4, 0.5) is 5.69 Å². The lowest BCUT2D eigenvalue weighted by molar-refractivity contribution is 0.373. The highest BCUT2D eigenvalue weighted by molar-refractivity contribution is 9.10. The van der Waals surface area contributed by atoms with Crippen LogP contribution in [0, 0.1) is 5.92 Å². The second-order valence-electron chi connectivity index (χ2n) is 6.02. The van der Waals surface area contributed by atoms with Crippen molar-refractivity contribution in [1.29, 1.82) is 0 Å². The van der Waals surface area contributed by atoms with Crippen molar-refractivity contribution < 1.29 is 4.74 Å². The van der Waals surface area contributed by atoms with Gasteiger partial charge >= 0.3 is 0 Å². The average Bonchev–Trinajstić information content (AvgIpc) is 3.08. The van der Waals surface area contributed by atoms with Crippen LogP contribution in [0.15, 0.2) is 16.6 Å². The number of hydrogen-bond donors (Lipinski definition) is 2. The first-order chi connectivity index (χ1) is 10.2. The second kappa shape index (κ2) is 6.76. The molecule has 0 radical (unpaired) electrons. The van der Waals surface area contributed by atoms with Gasteiger partial charge in [0.1, 0.15) is 0 Å². The zero-order valence-electron chi connectivity index (χ0n) is 12.3. The van der Waals surface area contributed by atoms with Gasteiger partial charge in [-0.25, -0.2) is 0 Å². The summed E-state index contributed by atoms with van der Waals surface area (Å²) in [6.07, 6.45) is 6.43. The lowest BCUT2D eigenvalue weighted by Gasteiger charge is -2.28. The molecule has 2 N–H and O–H groups in total. The smallest absolute Gasteiger partial charge is 0.156 e. The van der Waals surface area contributed by atoms with Gasteiger partial charge in [0.15, 0.2) is 5.75 Å². The molecule has 3 nitrogen and oxygen atoms in total. The molecule has 2 fully saturated rings. The quantitative estimate of drug-likeness (QED) is 0.818. The summed E-state index contributed by atoms with van der Waals surface area (Å²) in [5.74, 6) is 1.54. The van der Waals surface area contributed by atoms with Gasteiger partial charge in [-0.3, -0.25) is 0 Å². The van der Waals surface area contributed by atoms with Crippen LogP contribution in [0.2, 0.25) is 5.02 Å². The van der Waals surface area contributed by atoms with Crippen molar-refractivity contribution in [2.75, 3.05) is 19.0 Å². The Labute approximate surface area is 139 Å². The molecule has 0 aromatic heterocycles. The first-order valence-corrected chi connectivity index (χ1v) is 8.89. The summed E-state index contributed by atoms with van der Waals surface area (Å²) in [4.78, 5) is 0. The Bertz CT molecular complexity index is 505. The van der Waals surface area contributed by atoms with Crippen molar-refractivity contribution in [1.82, 2.24) is 5.32 Å². The molecule has 116 valence electrons. The summed E-state index contributed by atoms with van der Waals surface area (Å²) < 4.78 is 6.42. The highest BCUT2D eigenvalue weighted by atomic mass is 79.9. The van der Waals surface area contributed by atoms with E-state index in [1.54, 1.807) is 7.11 Å². The van der Waals surface area contributed by atoms with Crippen LogP contribution in [-0.2, 0) is 0 Å². The van der Waals surface area contributed by atoms with Gasteiger partial charge in [-0.2, -0.15) is 0 Å². The third-order valence-corrected chi connectivity index (χ3v) is 5.55. The third-order valence-electron chi connectivity index (χ3n) is 4.74. The van der Waals surface area contributed by atoms with Gasteiger partial charge in [0.2, 0.25) is 0 Å². The first kappa shape index (κ1) is 15.4. The first-order valence-electron chi connectivity index (χ1n) is 7.72. The number of hydrogen-bond acceptors (Lipinski definition) is 3. The fourth-order valence-corrected chi connectivity index (χ4v) is 4.77. The van der Waals surface area contributed by atoms with Crippen LogP contribution in [0.5, 0.6) is 5.75 Å². The Morgan fingerprint density at radius 1 is 1.29 bits per heavy atom. The maximum absolute atomic E-state index is 6.19. The number of nitrogens with one attached hydrogen (secondary N) is 2. The summed E-state index contributed by atoms with van der Waals surface area (Å²) in [6, 6.07) is 5.00. The summed E-state index contributed by atoms with van der Waals surface area (Å²) in [5.41, 5.74) is 0.992. The van der Waals surface area contributed by atoms with Crippen molar-refractivity contribution >= 4 is 33.2 Å². The van der Waals surface area contributed by atoms with Crippen LogP contribution >= 0.6 is 27.5 Å². The summed E-state index contributed by atoms with van der Waals surface area (Å²) in [5, 5.41) is 8.07. The zero-order valence-corrected chi connectivity index (χ0v) is 14.6. The van der Waals surface area contributed by atoms with Gasteiger partial charge in [0, 0.05) is 17.1 Å². The van der Waals surface area contributed by atoms with E-state index in [4.69, 9.17) is 16.3 Å². The Hall–Kier alpha value is -0.450. The van der Waals surface area contributed by atoms with Crippen LogP contribution in [0.25, 0.3) is 0 Å². The molecular weight excluding hydrogens is 352 g/mol. The predicted molar refractivity (Wildman–Crippen MR) is 91.5 cm³/mol. The zero-order chi connectivity index (χ0) is 14.8. The lowest BCUT2D eigenvalue weighted by Crippen LogP contribution is -2.38. The van der Waals surface area contributed by atoms with Crippen molar-refractivity contribution in [2.45, 2.75) is 44.2 Å². The normalized spacial score (nSPS) is 28.8. The van der Waals surface area contributed by atoms with E-state index in [9.17, 15) is 0 Å². The third kappa shape index (κ3) is 3.33. The van der Waals surface area contributed by atoms with Crippen molar-refractivity contribution in [3.8, 4) is 5.75 Å². The van der Waals surface area contributed by atoms with E-state index < -0.39 is 0 Å². The van der Waals surface area contributed by atoms with Gasteiger partial charge in [-0.05, 0) is 66.2 Å². The molecule has 0 bridgehead atoms. The molecule has 3 atom stereocenters. The molecule has 1 aromatic rings. The van der Waals surface area contributed by atoms with E-state index in [1.165, 1.54) is 38.6 Å². The average molecular weight is 374 g/mol. The number of benzene rings is 1. The van der Waals surface area contributed by atoms with E-state index in [-0.39, 0.29) is 0 Å². The molecule has 1 aromatic carbocycles. The fourth-order valence-electron chi connectivity index (χ4n) is 3.80. The van der Waals surface area contributed by atoms with Crippen molar-refractivity contribution in [3.63, 3.8) is 0 Å². The Kier molecular flexibility index (Phi) is 4.97. The summed E-state index contributed by atoms with van der Waals surface area (Å²) in [7, 11) is 1.70. The number of halogens is 2. The molecule has 0 spiro atoms. The van der Waals surface area contributed by atoms with Crippen molar-refractivity contribution in [3.05, 3.63) is 21.6 Å². The standard InChI is InChI=1S/C16H22BrClN2O/c1-21-16-12(17)8-10(18)9-15(16)20-14-5-2-4-11(14)13-6-3-7-19-13/h8-9,11,13-14,19-20H,2-7H2,1H3. The monoisotopic (exact) mass is 372 g/mol. The molecule has 1 saturated carbocycles. The van der Waals surface area contributed by atoms with Crippen LogP contribution in [0.3, 0.4) is 0 Å². The highest BCUT2D eigenvalue weighted by Crippen LogP contribution is 2.40. The minimum Gasteiger partial charge on any atom is -0.493 e. The lowest BCUT2D eigenvalue weighted by atomic mass is 9.93. The predicted octanol–water partition coefficient (Wildman–Crippen LogP) is 4.44. The molecule has 1 aliphatic heterocycles. The molecule has 2 aliphatic rings. The Balaban J connectivity index is 1.79. The van der Waals surface area contributed by atoms with E-state index >= 15 is 0 Å². The minimum absolute atomic E-state index is 0.500. The van der Waals surface area contributed by atoms with E-state index in [0.29, 0.717) is 18.0 Å². The number of anilines is 1. The molecule has 1 heterocycles. The summed E-state index contributed by atoms with van der Waals surface area (Å²) in [6.45, 7) is 1.17. The van der Waals surface area contributed by atoms with Crippen LogP contribution < -0.4 is 15.4 Å². The number of ether oxygens (including phenoxy) is 1. The molecule has 1 aliphatic carbocycles. The number of methoxy groups -OCH3 is 1. The van der Waals surface area contributed by atoms with Crippen molar-refractivity contribution in [2.24, 2.45) is 5.92 Å². The SMILES string of the molecule is COc1c(Br)cc(Cl)cc1NC1CCCC1C1CCCN1. The number of rotatable bonds is 4. The topological polar surface area (TPSA) is 33.3 Å². The maximum Gasteiger partial charge on any atom is 0.156 e. The molecular formula is C16H22BrClN2O. The molecule has 21 heavy (non-hydrogen) atoms. The molecule has 1 saturated heterocycles. The minimum atomic E-state index is 0.500. The highest BCUT2D eigenvalue weighted by Gasteiger charge is 2.35. The molecule has 0 amide bonds. The van der Waals surface area contributed by atoms with Gasteiger partial charge in [0.05, 0.1) is 17.3 Å². The Morgan fingerprint density at radius 2 is 2.14 bits per heavy atom. The Morgan fingerprint density at radius 3 is 2.86 bits per heavy atom. The van der Waals surface area contributed by atoms with Gasteiger partial charge in [0.25, 0.3) is 0 Å². The second-order valence-corrected chi connectivity index (χ2v) is 7.31. The van der Waals surface area contributed by atoms with E-state index in [2.05, 4.69) is 26.6 Å². The van der Waals surface area contributed by atoms with E-state index in [0.717, 1.165) is 20.9 Å². The fraction of sp³-hybridized carbons (Fsp3) is 0.625. The summed E-state index contributed by atoms with van der Waals surface area (Å²) >= 11 is 9.72. The van der Waals surface area contributed by atoms with E-state index in [1.807, 2.05) is 12.1 Å². The van der Waals surface area contributed by atoms with Crippen LogP contribution in [0.1, 0.15) is 32.1 Å².